The molecule has 0 radical (unpaired) electrons. The van der Waals surface area contributed by atoms with E-state index in [1.165, 1.54) is 0 Å². The van der Waals surface area contributed by atoms with E-state index in [1.807, 2.05) is 12.1 Å². The Kier molecular flexibility index (Phi) is 4.12. The van der Waals surface area contributed by atoms with Gasteiger partial charge in [0.15, 0.2) is 11.5 Å². The highest BCUT2D eigenvalue weighted by atomic mass is 16.7. The molecule has 2 heterocycles. The van der Waals surface area contributed by atoms with Crippen molar-refractivity contribution in [3.8, 4) is 28.7 Å². The fraction of sp³-hybridized carbons (Fsp3) is 0.300. The highest BCUT2D eigenvalue weighted by Gasteiger charge is 2.30. The van der Waals surface area contributed by atoms with Crippen molar-refractivity contribution in [2.45, 2.75) is 25.9 Å². The molecule has 6 nitrogen and oxygen atoms in total. The summed E-state index contributed by atoms with van der Waals surface area (Å²) in [6, 6.07) is 6.95. The Hall–Kier alpha value is -2.86. The van der Waals surface area contributed by atoms with Crippen LogP contribution in [0.2, 0.25) is 0 Å². The van der Waals surface area contributed by atoms with E-state index >= 15 is 0 Å². The van der Waals surface area contributed by atoms with E-state index in [0.717, 1.165) is 11.1 Å². The van der Waals surface area contributed by atoms with E-state index in [0.29, 0.717) is 41.2 Å². The first kappa shape index (κ1) is 16.6. The number of benzene rings is 2. The number of fused-ring (bicyclic) bond motifs is 2. The molecule has 2 aromatic carbocycles. The van der Waals surface area contributed by atoms with E-state index in [1.54, 1.807) is 25.1 Å². The molecular weight excluding hydrogens is 336 g/mol. The van der Waals surface area contributed by atoms with Crippen LogP contribution in [-0.4, -0.2) is 28.7 Å². The first-order chi connectivity index (χ1) is 12.6. The molecule has 0 spiro atoms. The van der Waals surface area contributed by atoms with Crippen molar-refractivity contribution < 1.29 is 29.5 Å². The Bertz CT molecular complexity index is 853. The maximum Gasteiger partial charge on any atom is 0.231 e. The molecular formula is C20H20O6. The second kappa shape index (κ2) is 6.46. The highest BCUT2D eigenvalue weighted by Crippen LogP contribution is 2.47. The number of ether oxygens (including phenoxy) is 3. The van der Waals surface area contributed by atoms with E-state index in [4.69, 9.17) is 19.3 Å². The van der Waals surface area contributed by atoms with Gasteiger partial charge < -0.3 is 29.5 Å². The first-order valence-electron chi connectivity index (χ1n) is 8.46. The third-order valence-electron chi connectivity index (χ3n) is 4.77. The third-order valence-corrected chi connectivity index (χ3v) is 4.77. The van der Waals surface area contributed by atoms with Crippen LogP contribution in [-0.2, 0) is 12.8 Å². The van der Waals surface area contributed by atoms with Crippen LogP contribution in [0, 0.1) is 0 Å². The normalized spacial score (nSPS) is 17.9. The summed E-state index contributed by atoms with van der Waals surface area (Å²) in [5.74, 6) is 2.11. The molecule has 0 bridgehead atoms. The van der Waals surface area contributed by atoms with Gasteiger partial charge in [-0.05, 0) is 31.5 Å². The average Bonchev–Trinajstić information content (AvgIpc) is 3.24. The monoisotopic (exact) mass is 356 g/mol. The van der Waals surface area contributed by atoms with Crippen LogP contribution in [0.5, 0.6) is 28.7 Å². The Morgan fingerprint density at radius 1 is 1.15 bits per heavy atom. The highest BCUT2D eigenvalue weighted by molar-refractivity contribution is 5.56. The van der Waals surface area contributed by atoms with Crippen LogP contribution in [0.1, 0.15) is 29.7 Å². The van der Waals surface area contributed by atoms with E-state index < -0.39 is 0 Å². The number of hydrogen-bond donors (Lipinski definition) is 3. The van der Waals surface area contributed by atoms with Crippen molar-refractivity contribution in [3.63, 3.8) is 0 Å². The summed E-state index contributed by atoms with van der Waals surface area (Å²) in [6.45, 7) is 1.94. The van der Waals surface area contributed by atoms with Gasteiger partial charge in [0.25, 0.3) is 0 Å². The number of aliphatic hydroxyl groups is 1. The summed E-state index contributed by atoms with van der Waals surface area (Å²) < 4.78 is 16.8. The van der Waals surface area contributed by atoms with Crippen molar-refractivity contribution in [2.75, 3.05) is 13.4 Å². The predicted molar refractivity (Wildman–Crippen MR) is 94.0 cm³/mol. The van der Waals surface area contributed by atoms with Gasteiger partial charge in [0.2, 0.25) is 6.79 Å². The lowest BCUT2D eigenvalue weighted by Gasteiger charge is -2.16. The minimum absolute atomic E-state index is 0.0181. The summed E-state index contributed by atoms with van der Waals surface area (Å²) in [6.07, 6.45) is 2.35. The lowest BCUT2D eigenvalue weighted by Crippen LogP contribution is -2.05. The molecule has 1 unspecified atom stereocenters. The van der Waals surface area contributed by atoms with Crippen molar-refractivity contribution in [1.29, 1.82) is 0 Å². The second-order valence-electron chi connectivity index (χ2n) is 6.54. The summed E-state index contributed by atoms with van der Waals surface area (Å²) >= 11 is 0. The van der Waals surface area contributed by atoms with Crippen LogP contribution in [0.3, 0.4) is 0 Å². The molecule has 6 heteroatoms. The van der Waals surface area contributed by atoms with E-state index in [2.05, 4.69) is 0 Å². The maximum atomic E-state index is 10.7. The molecule has 0 amide bonds. The van der Waals surface area contributed by atoms with Crippen molar-refractivity contribution in [3.05, 3.63) is 52.6 Å². The second-order valence-corrected chi connectivity index (χ2v) is 6.54. The predicted octanol–water partition coefficient (Wildman–Crippen LogP) is 2.98. The summed E-state index contributed by atoms with van der Waals surface area (Å²) in [5.41, 5.74) is 2.80. The van der Waals surface area contributed by atoms with Gasteiger partial charge in [-0.25, -0.2) is 0 Å². The zero-order valence-electron chi connectivity index (χ0n) is 14.4. The number of phenols is 2. The van der Waals surface area contributed by atoms with Gasteiger partial charge in [0, 0.05) is 29.2 Å². The topological polar surface area (TPSA) is 88.4 Å². The van der Waals surface area contributed by atoms with Crippen LogP contribution < -0.4 is 14.2 Å². The Labute approximate surface area is 150 Å². The number of phenolic OH excluding ortho intramolecular Hbond substituents is 2. The fourth-order valence-corrected chi connectivity index (χ4v) is 3.25. The van der Waals surface area contributed by atoms with Gasteiger partial charge in [-0.1, -0.05) is 11.6 Å². The van der Waals surface area contributed by atoms with Crippen LogP contribution in [0.4, 0.5) is 0 Å². The smallest absolute Gasteiger partial charge is 0.231 e. The molecule has 2 aliphatic heterocycles. The molecule has 2 aliphatic rings. The van der Waals surface area contributed by atoms with Gasteiger partial charge >= 0.3 is 0 Å². The SMILES string of the molecule is C/C(=C\Cc1c(O)ccc(C2Cc3cc4c(cc3O2)OCO4)c1O)CO. The van der Waals surface area contributed by atoms with Crippen molar-refractivity contribution >= 4 is 0 Å². The van der Waals surface area contributed by atoms with Crippen LogP contribution in [0.25, 0.3) is 0 Å². The standard InChI is InChI=1S/C20H20O6/c1-11(9-21)2-3-13-15(22)5-4-14(20(13)23)17-6-12-7-18-19(25-10-24-18)8-16(12)26-17/h2,4-5,7-8,17,21-23H,3,6,9-10H2,1H3/b11-2+. The van der Waals surface area contributed by atoms with Gasteiger partial charge in [-0.2, -0.15) is 0 Å². The largest absolute Gasteiger partial charge is 0.508 e. The lowest BCUT2D eigenvalue weighted by atomic mass is 9.97. The maximum absolute atomic E-state index is 10.7. The Balaban J connectivity index is 1.62. The number of allylic oxidation sites excluding steroid dienone is 1. The van der Waals surface area contributed by atoms with E-state index in [9.17, 15) is 10.2 Å². The lowest BCUT2D eigenvalue weighted by molar-refractivity contribution is 0.173. The zero-order valence-corrected chi connectivity index (χ0v) is 14.4. The summed E-state index contributed by atoms with van der Waals surface area (Å²) in [4.78, 5) is 0. The van der Waals surface area contributed by atoms with Gasteiger partial charge in [0.05, 0.1) is 6.61 Å². The summed E-state index contributed by atoms with van der Waals surface area (Å²) in [5, 5.41) is 29.9. The minimum Gasteiger partial charge on any atom is -0.508 e. The molecule has 0 fully saturated rings. The number of hydrogen-bond acceptors (Lipinski definition) is 6. The quantitative estimate of drug-likeness (QED) is 0.730. The molecule has 0 aliphatic carbocycles. The van der Waals surface area contributed by atoms with Gasteiger partial charge in [-0.15, -0.1) is 0 Å². The number of aliphatic hydroxyl groups excluding tert-OH is 1. The average molecular weight is 356 g/mol. The van der Waals surface area contributed by atoms with Crippen LogP contribution in [0.15, 0.2) is 35.9 Å². The Morgan fingerprint density at radius 2 is 1.92 bits per heavy atom. The van der Waals surface area contributed by atoms with Crippen LogP contribution >= 0.6 is 0 Å². The van der Waals surface area contributed by atoms with Gasteiger partial charge in [-0.3, -0.25) is 0 Å². The molecule has 3 N–H and O–H groups in total. The molecule has 4 rings (SSSR count). The molecule has 0 saturated carbocycles. The van der Waals surface area contributed by atoms with Crippen molar-refractivity contribution in [1.82, 2.24) is 0 Å². The number of rotatable bonds is 4. The van der Waals surface area contributed by atoms with Gasteiger partial charge in [0.1, 0.15) is 23.4 Å². The number of aromatic hydroxyl groups is 2. The zero-order chi connectivity index (χ0) is 18.3. The molecule has 0 saturated heterocycles. The molecule has 2 aromatic rings. The fourth-order valence-electron chi connectivity index (χ4n) is 3.25. The molecule has 26 heavy (non-hydrogen) atoms. The summed E-state index contributed by atoms with van der Waals surface area (Å²) in [7, 11) is 0. The molecule has 136 valence electrons. The van der Waals surface area contributed by atoms with Crippen molar-refractivity contribution in [2.24, 2.45) is 0 Å². The third kappa shape index (κ3) is 2.82. The first-order valence-corrected chi connectivity index (χ1v) is 8.46. The minimum atomic E-state index is -0.352. The van der Waals surface area contributed by atoms with E-state index in [-0.39, 0.29) is 31.0 Å². The molecule has 0 aromatic heterocycles. The molecule has 1 atom stereocenters. The Morgan fingerprint density at radius 3 is 2.69 bits per heavy atom.